The van der Waals surface area contributed by atoms with Gasteiger partial charge in [-0.05, 0) is 52.2 Å². The molecule has 2 aromatic heterocycles. The average molecular weight is 397 g/mol. The van der Waals surface area contributed by atoms with Gasteiger partial charge in [0.1, 0.15) is 11.4 Å². The third kappa shape index (κ3) is 3.24. The summed E-state index contributed by atoms with van der Waals surface area (Å²) in [4.78, 5) is 20.2. The van der Waals surface area contributed by atoms with E-state index in [1.165, 1.54) is 7.11 Å². The molecule has 0 aliphatic carbocycles. The molecule has 3 heterocycles. The second-order valence-corrected chi connectivity index (χ2v) is 8.54. The van der Waals surface area contributed by atoms with Gasteiger partial charge in [0.15, 0.2) is 11.5 Å². The maximum absolute atomic E-state index is 13.2. The number of hydrogen-bond acceptors (Lipinski definition) is 6. The summed E-state index contributed by atoms with van der Waals surface area (Å²) in [5.74, 6) is 1.18. The first kappa shape index (κ1) is 19.4. The fraction of sp³-hybridized carbons (Fsp3) is 0.455. The number of phenols is 1. The predicted octanol–water partition coefficient (Wildman–Crippen LogP) is 4.60. The number of pyridine rings is 1. The molecule has 0 unspecified atom stereocenters. The quantitative estimate of drug-likeness (QED) is 0.681. The third-order valence-corrected chi connectivity index (χ3v) is 5.23. The standard InChI is InChI=1S/C22H27N3O4/c1-13-12-23-20(24-8-6-7-9-24)18-14-10-17(28-5)16(26)11-15(14)25(19(13)18)21(27)29-22(2,3)4/h10-12,26H,6-9H2,1-5H3. The molecule has 0 amide bonds. The molecule has 0 bridgehead atoms. The van der Waals surface area contributed by atoms with Crippen LogP contribution >= 0.6 is 0 Å². The summed E-state index contributed by atoms with van der Waals surface area (Å²) in [7, 11) is 1.51. The van der Waals surface area contributed by atoms with Crippen LogP contribution in [0.2, 0.25) is 0 Å². The Morgan fingerprint density at radius 2 is 1.90 bits per heavy atom. The lowest BCUT2D eigenvalue weighted by Crippen LogP contribution is -2.27. The molecule has 1 aliphatic heterocycles. The van der Waals surface area contributed by atoms with Gasteiger partial charge in [-0.2, -0.15) is 0 Å². The van der Waals surface area contributed by atoms with Crippen molar-refractivity contribution in [2.75, 3.05) is 25.1 Å². The summed E-state index contributed by atoms with van der Waals surface area (Å²) in [5.41, 5.74) is 1.54. The van der Waals surface area contributed by atoms with Crippen LogP contribution in [0, 0.1) is 6.92 Å². The number of carbonyl (C=O) groups is 1. The monoisotopic (exact) mass is 397 g/mol. The average Bonchev–Trinajstić information content (AvgIpc) is 3.26. The zero-order valence-corrected chi connectivity index (χ0v) is 17.6. The van der Waals surface area contributed by atoms with Crippen molar-refractivity contribution in [3.63, 3.8) is 0 Å². The Kier molecular flexibility index (Phi) is 4.56. The number of benzene rings is 1. The van der Waals surface area contributed by atoms with E-state index < -0.39 is 11.7 Å². The van der Waals surface area contributed by atoms with E-state index in [2.05, 4.69) is 4.90 Å². The Morgan fingerprint density at radius 1 is 1.21 bits per heavy atom. The summed E-state index contributed by atoms with van der Waals surface area (Å²) in [6.45, 7) is 9.30. The number of aryl methyl sites for hydroxylation is 1. The van der Waals surface area contributed by atoms with Crippen molar-refractivity contribution in [3.05, 3.63) is 23.9 Å². The molecule has 1 aromatic carbocycles. The van der Waals surface area contributed by atoms with Crippen LogP contribution in [-0.2, 0) is 4.74 Å². The van der Waals surface area contributed by atoms with Gasteiger partial charge in [0.2, 0.25) is 0 Å². The first-order valence-corrected chi connectivity index (χ1v) is 9.90. The molecule has 1 saturated heterocycles. The molecular weight excluding hydrogens is 370 g/mol. The molecule has 29 heavy (non-hydrogen) atoms. The second kappa shape index (κ2) is 6.83. The zero-order chi connectivity index (χ0) is 20.9. The summed E-state index contributed by atoms with van der Waals surface area (Å²) in [6.07, 6.45) is 3.55. The Morgan fingerprint density at radius 3 is 2.52 bits per heavy atom. The largest absolute Gasteiger partial charge is 0.504 e. The van der Waals surface area contributed by atoms with E-state index in [4.69, 9.17) is 14.5 Å². The van der Waals surface area contributed by atoms with Crippen molar-refractivity contribution in [3.8, 4) is 11.5 Å². The molecule has 0 radical (unpaired) electrons. The van der Waals surface area contributed by atoms with Gasteiger partial charge < -0.3 is 19.5 Å². The van der Waals surface area contributed by atoms with Crippen molar-refractivity contribution >= 4 is 33.7 Å². The number of methoxy groups -OCH3 is 1. The fourth-order valence-electron chi connectivity index (χ4n) is 4.02. The van der Waals surface area contributed by atoms with Crippen molar-refractivity contribution in [2.24, 2.45) is 0 Å². The number of nitrogens with zero attached hydrogens (tertiary/aromatic N) is 3. The number of rotatable bonds is 2. The highest BCUT2D eigenvalue weighted by atomic mass is 16.6. The number of aromatic nitrogens is 2. The maximum atomic E-state index is 13.2. The molecule has 0 atom stereocenters. The lowest BCUT2D eigenvalue weighted by molar-refractivity contribution is 0.0551. The fourth-order valence-corrected chi connectivity index (χ4v) is 4.02. The Labute approximate surface area is 169 Å². The number of phenolic OH excluding ortho intramolecular Hbond substituents is 1. The van der Waals surface area contributed by atoms with Crippen molar-refractivity contribution in [2.45, 2.75) is 46.1 Å². The van der Waals surface area contributed by atoms with Crippen LogP contribution in [0.4, 0.5) is 10.6 Å². The summed E-state index contributed by atoms with van der Waals surface area (Å²) < 4.78 is 12.6. The molecule has 7 heteroatoms. The molecule has 154 valence electrons. The van der Waals surface area contributed by atoms with Gasteiger partial charge in [0, 0.05) is 30.7 Å². The van der Waals surface area contributed by atoms with E-state index in [9.17, 15) is 9.90 Å². The summed E-state index contributed by atoms with van der Waals surface area (Å²) >= 11 is 0. The highest BCUT2D eigenvalue weighted by molar-refractivity contribution is 6.18. The smallest absolute Gasteiger partial charge is 0.419 e. The molecule has 1 fully saturated rings. The maximum Gasteiger partial charge on any atom is 0.419 e. The van der Waals surface area contributed by atoms with Crippen LogP contribution in [0.25, 0.3) is 21.8 Å². The van der Waals surface area contributed by atoms with Crippen molar-refractivity contribution in [1.29, 1.82) is 0 Å². The van der Waals surface area contributed by atoms with E-state index >= 15 is 0 Å². The van der Waals surface area contributed by atoms with Crippen LogP contribution in [0.1, 0.15) is 39.2 Å². The normalized spacial score (nSPS) is 14.7. The summed E-state index contributed by atoms with van der Waals surface area (Å²) in [5, 5.41) is 12.1. The lowest BCUT2D eigenvalue weighted by Gasteiger charge is -2.21. The van der Waals surface area contributed by atoms with Gasteiger partial charge in [-0.1, -0.05) is 0 Å². The number of ether oxygens (including phenoxy) is 2. The highest BCUT2D eigenvalue weighted by Gasteiger charge is 2.28. The van der Waals surface area contributed by atoms with Crippen LogP contribution in [0.5, 0.6) is 11.5 Å². The molecule has 7 nitrogen and oxygen atoms in total. The van der Waals surface area contributed by atoms with Crippen LogP contribution in [0.3, 0.4) is 0 Å². The third-order valence-electron chi connectivity index (χ3n) is 5.23. The number of anilines is 1. The number of aromatic hydroxyl groups is 1. The minimum atomic E-state index is -0.646. The van der Waals surface area contributed by atoms with Gasteiger partial charge in [-0.15, -0.1) is 0 Å². The first-order valence-electron chi connectivity index (χ1n) is 9.90. The molecule has 1 aliphatic rings. The SMILES string of the molecule is COc1cc2c3c(N4CCCC4)ncc(C)c3n(C(=O)OC(C)(C)C)c2cc1O. The Balaban J connectivity index is 2.10. The predicted molar refractivity (Wildman–Crippen MR) is 113 cm³/mol. The van der Waals surface area contributed by atoms with E-state index in [0.29, 0.717) is 11.3 Å². The Bertz CT molecular complexity index is 1110. The zero-order valence-electron chi connectivity index (χ0n) is 17.6. The van der Waals surface area contributed by atoms with E-state index in [-0.39, 0.29) is 5.75 Å². The minimum absolute atomic E-state index is 0.0269. The molecule has 4 rings (SSSR count). The first-order chi connectivity index (χ1) is 13.7. The van der Waals surface area contributed by atoms with Crippen LogP contribution in [0.15, 0.2) is 18.3 Å². The van der Waals surface area contributed by atoms with E-state index in [1.807, 2.05) is 27.7 Å². The lowest BCUT2D eigenvalue weighted by atomic mass is 10.1. The highest BCUT2D eigenvalue weighted by Crippen LogP contribution is 2.42. The van der Waals surface area contributed by atoms with Gasteiger partial charge in [0.25, 0.3) is 0 Å². The molecule has 3 aromatic rings. The van der Waals surface area contributed by atoms with Crippen molar-refractivity contribution in [1.82, 2.24) is 9.55 Å². The molecule has 1 N–H and O–H groups in total. The topological polar surface area (TPSA) is 76.8 Å². The van der Waals surface area contributed by atoms with Gasteiger partial charge >= 0.3 is 6.09 Å². The molecule has 0 spiro atoms. The minimum Gasteiger partial charge on any atom is -0.504 e. The number of fused-ring (bicyclic) bond motifs is 3. The van der Waals surface area contributed by atoms with E-state index in [0.717, 1.165) is 53.6 Å². The number of hydrogen-bond donors (Lipinski definition) is 1. The van der Waals surface area contributed by atoms with Gasteiger partial charge in [0.05, 0.1) is 23.5 Å². The second-order valence-electron chi connectivity index (χ2n) is 8.54. The van der Waals surface area contributed by atoms with Gasteiger partial charge in [-0.25, -0.2) is 14.3 Å². The van der Waals surface area contributed by atoms with Crippen LogP contribution < -0.4 is 9.64 Å². The Hall–Kier alpha value is -2.96. The number of carbonyl (C=O) groups excluding carboxylic acids is 1. The van der Waals surface area contributed by atoms with E-state index in [1.54, 1.807) is 22.9 Å². The van der Waals surface area contributed by atoms with Gasteiger partial charge in [-0.3, -0.25) is 0 Å². The summed E-state index contributed by atoms with van der Waals surface area (Å²) in [6, 6.07) is 3.33. The van der Waals surface area contributed by atoms with Crippen molar-refractivity contribution < 1.29 is 19.4 Å². The molecule has 0 saturated carbocycles. The molecular formula is C22H27N3O4. The van der Waals surface area contributed by atoms with Crippen LogP contribution in [-0.4, -0.2) is 46.6 Å².